The average molecular weight is 351 g/mol. The lowest BCUT2D eigenvalue weighted by atomic mass is 9.84. The number of anilines is 1. The van der Waals surface area contributed by atoms with Gasteiger partial charge in [-0.25, -0.2) is 0 Å². The first-order valence-electron chi connectivity index (χ1n) is 9.36. The van der Waals surface area contributed by atoms with Crippen LogP contribution in [0.2, 0.25) is 0 Å². The van der Waals surface area contributed by atoms with Crippen molar-refractivity contribution in [2.24, 2.45) is 5.41 Å². The minimum atomic E-state index is -0.381. The number of aliphatic hydroxyl groups is 1. The van der Waals surface area contributed by atoms with Crippen LogP contribution in [0.25, 0.3) is 10.9 Å². The Balaban J connectivity index is 1.88. The number of nitriles is 1. The van der Waals surface area contributed by atoms with Crippen molar-refractivity contribution in [2.75, 3.05) is 24.6 Å². The molecule has 0 atom stereocenters. The normalized spacial score (nSPS) is 18.9. The number of aromatic amines is 1. The van der Waals surface area contributed by atoms with Crippen LogP contribution >= 0.6 is 0 Å². The predicted molar refractivity (Wildman–Crippen MR) is 103 cm³/mol. The van der Waals surface area contributed by atoms with Crippen LogP contribution in [-0.4, -0.2) is 29.8 Å². The van der Waals surface area contributed by atoms with Gasteiger partial charge >= 0.3 is 0 Å². The molecule has 2 aliphatic rings. The van der Waals surface area contributed by atoms with Gasteiger partial charge in [0.05, 0.1) is 17.8 Å². The van der Waals surface area contributed by atoms with Crippen molar-refractivity contribution in [1.82, 2.24) is 4.98 Å². The molecule has 1 aliphatic heterocycles. The Morgan fingerprint density at radius 2 is 1.96 bits per heavy atom. The van der Waals surface area contributed by atoms with Gasteiger partial charge in [-0.1, -0.05) is 19.9 Å². The first-order chi connectivity index (χ1) is 12.4. The summed E-state index contributed by atoms with van der Waals surface area (Å²) < 4.78 is 0. The van der Waals surface area contributed by atoms with Gasteiger partial charge < -0.3 is 15.0 Å². The van der Waals surface area contributed by atoms with Gasteiger partial charge in [0.15, 0.2) is 0 Å². The number of nitrogens with zero attached hydrogens (tertiary/aromatic N) is 2. The Labute approximate surface area is 153 Å². The number of fused-ring (bicyclic) bond motifs is 1. The van der Waals surface area contributed by atoms with Crippen molar-refractivity contribution in [1.29, 1.82) is 5.26 Å². The Morgan fingerprint density at radius 1 is 1.27 bits per heavy atom. The molecule has 0 radical (unpaired) electrons. The molecule has 2 aromatic rings. The van der Waals surface area contributed by atoms with Crippen LogP contribution in [0.15, 0.2) is 23.0 Å². The van der Waals surface area contributed by atoms with E-state index in [0.29, 0.717) is 5.41 Å². The molecule has 1 spiro atoms. The minimum absolute atomic E-state index is 0.0362. The number of hydrogen-bond donors (Lipinski definition) is 2. The van der Waals surface area contributed by atoms with Gasteiger partial charge in [-0.05, 0) is 48.8 Å². The summed E-state index contributed by atoms with van der Waals surface area (Å²) in [6, 6.07) is 7.99. The molecule has 2 heterocycles. The molecular weight excluding hydrogens is 326 g/mol. The molecule has 26 heavy (non-hydrogen) atoms. The van der Waals surface area contributed by atoms with Crippen molar-refractivity contribution in [3.05, 3.63) is 39.7 Å². The van der Waals surface area contributed by atoms with Crippen molar-refractivity contribution in [2.45, 2.75) is 44.9 Å². The maximum absolute atomic E-state index is 12.5. The molecule has 1 aromatic heterocycles. The van der Waals surface area contributed by atoms with E-state index in [1.807, 2.05) is 32.0 Å². The van der Waals surface area contributed by atoms with Crippen molar-refractivity contribution in [3.63, 3.8) is 0 Å². The monoisotopic (exact) mass is 351 g/mol. The number of H-pyrrole nitrogens is 1. The molecule has 1 aliphatic carbocycles. The Bertz CT molecular complexity index is 954. The summed E-state index contributed by atoms with van der Waals surface area (Å²) in [6.45, 7) is 5.79. The largest absolute Gasteiger partial charge is 0.395 e. The highest BCUT2D eigenvalue weighted by molar-refractivity contribution is 5.95. The fourth-order valence-electron chi connectivity index (χ4n) is 4.10. The van der Waals surface area contributed by atoms with Crippen LogP contribution in [0.1, 0.15) is 50.7 Å². The molecule has 1 aromatic carbocycles. The average Bonchev–Trinajstić information content (AvgIpc) is 3.40. The molecular formula is C21H25N3O2. The standard InChI is InChI=1S/C21H25N3O2/c1-20(2,13-25)14-3-4-17-15(11-14)18(16(12-22)19(26)23-17)24-9-7-21(5-6-21)8-10-24/h3-4,11,25H,5-10,13H2,1-2H3,(H,23,26). The first kappa shape index (κ1) is 17.1. The van der Waals surface area contributed by atoms with E-state index in [-0.39, 0.29) is 23.1 Å². The summed E-state index contributed by atoms with van der Waals surface area (Å²) in [5.74, 6) is 0. The van der Waals surface area contributed by atoms with Gasteiger partial charge in [-0.15, -0.1) is 0 Å². The number of pyridine rings is 1. The fraction of sp³-hybridized carbons (Fsp3) is 0.524. The molecule has 1 saturated carbocycles. The molecule has 5 heteroatoms. The summed E-state index contributed by atoms with van der Waals surface area (Å²) in [5.41, 5.74) is 2.53. The van der Waals surface area contributed by atoms with Gasteiger partial charge in [0, 0.05) is 23.9 Å². The van der Waals surface area contributed by atoms with E-state index in [9.17, 15) is 15.2 Å². The Morgan fingerprint density at radius 3 is 2.54 bits per heavy atom. The molecule has 0 bridgehead atoms. The van der Waals surface area contributed by atoms with E-state index < -0.39 is 0 Å². The Hall–Kier alpha value is -2.32. The van der Waals surface area contributed by atoms with Crippen LogP contribution in [0.4, 0.5) is 5.69 Å². The molecule has 0 amide bonds. The van der Waals surface area contributed by atoms with Gasteiger partial charge in [0.25, 0.3) is 5.56 Å². The van der Waals surface area contributed by atoms with Crippen molar-refractivity contribution in [3.8, 4) is 6.07 Å². The third-order valence-corrected chi connectivity index (χ3v) is 6.37. The van der Waals surface area contributed by atoms with E-state index in [4.69, 9.17) is 0 Å². The zero-order valence-corrected chi connectivity index (χ0v) is 15.4. The summed E-state index contributed by atoms with van der Waals surface area (Å²) in [5, 5.41) is 20.3. The second-order valence-corrected chi connectivity index (χ2v) is 8.58. The highest BCUT2D eigenvalue weighted by Gasteiger charge is 2.44. The zero-order valence-electron chi connectivity index (χ0n) is 15.4. The lowest BCUT2D eigenvalue weighted by molar-refractivity contribution is 0.218. The molecule has 4 rings (SSSR count). The van der Waals surface area contributed by atoms with Crippen molar-refractivity contribution >= 4 is 16.6 Å². The van der Waals surface area contributed by atoms with Crippen LogP contribution in [0.5, 0.6) is 0 Å². The fourth-order valence-corrected chi connectivity index (χ4v) is 4.10. The van der Waals surface area contributed by atoms with Crippen molar-refractivity contribution < 1.29 is 5.11 Å². The minimum Gasteiger partial charge on any atom is -0.395 e. The Kier molecular flexibility index (Phi) is 3.85. The summed E-state index contributed by atoms with van der Waals surface area (Å²) >= 11 is 0. The van der Waals surface area contributed by atoms with Crippen LogP contribution in [-0.2, 0) is 5.41 Å². The van der Waals surface area contributed by atoms with Gasteiger partial charge in [-0.2, -0.15) is 5.26 Å². The van der Waals surface area contributed by atoms with E-state index in [1.165, 1.54) is 12.8 Å². The first-order valence-corrected chi connectivity index (χ1v) is 9.36. The highest BCUT2D eigenvalue weighted by Crippen LogP contribution is 2.54. The second kappa shape index (κ2) is 5.85. The van der Waals surface area contributed by atoms with E-state index in [0.717, 1.165) is 48.1 Å². The third kappa shape index (κ3) is 2.69. The molecule has 136 valence electrons. The predicted octanol–water partition coefficient (Wildman–Crippen LogP) is 3.05. The van der Waals surface area contributed by atoms with Crippen LogP contribution in [0.3, 0.4) is 0 Å². The number of hydrogen-bond acceptors (Lipinski definition) is 4. The molecule has 2 N–H and O–H groups in total. The van der Waals surface area contributed by atoms with Gasteiger partial charge in [-0.3, -0.25) is 4.79 Å². The van der Waals surface area contributed by atoms with E-state index in [2.05, 4.69) is 16.0 Å². The topological polar surface area (TPSA) is 80.1 Å². The quantitative estimate of drug-likeness (QED) is 0.891. The van der Waals surface area contributed by atoms with Gasteiger partial charge in [0.1, 0.15) is 11.6 Å². The van der Waals surface area contributed by atoms with Crippen LogP contribution in [0, 0.1) is 16.7 Å². The summed E-state index contributed by atoms with van der Waals surface area (Å²) in [7, 11) is 0. The second-order valence-electron chi connectivity index (χ2n) is 8.58. The number of piperidine rings is 1. The third-order valence-electron chi connectivity index (χ3n) is 6.37. The van der Waals surface area contributed by atoms with Gasteiger partial charge in [0.2, 0.25) is 0 Å². The number of benzene rings is 1. The smallest absolute Gasteiger partial charge is 0.268 e. The number of rotatable bonds is 3. The van der Waals surface area contributed by atoms with E-state index in [1.54, 1.807) is 0 Å². The SMILES string of the molecule is CC(C)(CO)c1ccc2[nH]c(=O)c(C#N)c(N3CCC4(CC3)CC4)c2c1. The molecule has 1 saturated heterocycles. The van der Waals surface area contributed by atoms with E-state index >= 15 is 0 Å². The number of nitrogens with one attached hydrogen (secondary N) is 1. The lowest BCUT2D eigenvalue weighted by Crippen LogP contribution is -2.36. The molecule has 0 unspecified atom stereocenters. The molecule has 5 nitrogen and oxygen atoms in total. The summed E-state index contributed by atoms with van der Waals surface area (Å²) in [4.78, 5) is 17.5. The maximum atomic E-state index is 12.5. The zero-order chi connectivity index (χ0) is 18.5. The van der Waals surface area contributed by atoms with Crippen LogP contribution < -0.4 is 10.5 Å². The lowest BCUT2D eigenvalue weighted by Gasteiger charge is -2.35. The highest BCUT2D eigenvalue weighted by atomic mass is 16.3. The summed E-state index contributed by atoms with van der Waals surface area (Å²) in [6.07, 6.45) is 4.90. The number of aliphatic hydroxyl groups excluding tert-OH is 1. The maximum Gasteiger partial charge on any atom is 0.268 e. The molecule has 2 fully saturated rings. The number of aromatic nitrogens is 1.